The first-order valence-corrected chi connectivity index (χ1v) is 14.4. The summed E-state index contributed by atoms with van der Waals surface area (Å²) in [5, 5.41) is 10.8. The number of carbonyl (C=O) groups is 5. The van der Waals surface area contributed by atoms with Gasteiger partial charge in [-0.15, -0.1) is 0 Å². The van der Waals surface area contributed by atoms with Crippen LogP contribution in [-0.2, 0) is 23.9 Å². The topological polar surface area (TPSA) is 152 Å². The number of ether oxygens (including phenoxy) is 2. The highest BCUT2D eigenvalue weighted by molar-refractivity contribution is 5.91. The second kappa shape index (κ2) is 19.4. The van der Waals surface area contributed by atoms with Crippen LogP contribution in [0.1, 0.15) is 78.7 Å². The second-order valence-corrected chi connectivity index (χ2v) is 10.9. The average molecular weight is 577 g/mol. The fraction of sp³-hybridized carbons (Fsp3) is 0.633. The maximum atomic E-state index is 12.8. The van der Waals surface area contributed by atoms with Gasteiger partial charge in [0.2, 0.25) is 0 Å². The lowest BCUT2D eigenvalue weighted by Gasteiger charge is -2.22. The van der Waals surface area contributed by atoms with Crippen LogP contribution in [-0.4, -0.2) is 61.6 Å². The van der Waals surface area contributed by atoms with Crippen LogP contribution in [0, 0.1) is 18.8 Å². The van der Waals surface area contributed by atoms with Gasteiger partial charge in [0.05, 0.1) is 19.3 Å². The molecule has 41 heavy (non-hydrogen) atoms. The molecule has 0 saturated carbocycles. The Labute approximate surface area is 243 Å². The zero-order chi connectivity index (χ0) is 30.8. The average Bonchev–Trinajstić information content (AvgIpc) is 2.92. The first-order valence-electron chi connectivity index (χ1n) is 14.4. The number of unbranched alkanes of at least 4 members (excludes halogenated alkanes) is 1. The highest BCUT2D eigenvalue weighted by Gasteiger charge is 2.26. The van der Waals surface area contributed by atoms with Crippen LogP contribution < -0.4 is 21.3 Å². The van der Waals surface area contributed by atoms with E-state index in [0.717, 1.165) is 11.3 Å². The predicted octanol–water partition coefficient (Wildman–Crippen LogP) is 4.48. The van der Waals surface area contributed by atoms with Crippen molar-refractivity contribution >= 4 is 35.5 Å². The molecule has 1 aromatic carbocycles. The molecule has 4 N–H and O–H groups in total. The molecule has 230 valence electrons. The van der Waals surface area contributed by atoms with Crippen molar-refractivity contribution in [3.63, 3.8) is 0 Å². The third-order valence-electron chi connectivity index (χ3n) is 6.00. The van der Waals surface area contributed by atoms with Crippen molar-refractivity contribution < 1.29 is 33.4 Å². The van der Waals surface area contributed by atoms with Crippen molar-refractivity contribution in [1.82, 2.24) is 16.0 Å². The molecule has 0 bridgehead atoms. The van der Waals surface area contributed by atoms with E-state index >= 15 is 0 Å². The monoisotopic (exact) mass is 576 g/mol. The number of para-hydroxylation sites is 1. The van der Waals surface area contributed by atoms with Gasteiger partial charge in [-0.2, -0.15) is 0 Å². The fourth-order valence-corrected chi connectivity index (χ4v) is 3.67. The van der Waals surface area contributed by atoms with Gasteiger partial charge in [0.1, 0.15) is 6.04 Å². The van der Waals surface area contributed by atoms with Crippen LogP contribution in [0.3, 0.4) is 0 Å². The highest BCUT2D eigenvalue weighted by atomic mass is 16.5. The number of aryl methyl sites for hydroxylation is 1. The van der Waals surface area contributed by atoms with Gasteiger partial charge in [0.15, 0.2) is 5.78 Å². The first kappa shape index (κ1) is 35.4. The summed E-state index contributed by atoms with van der Waals surface area (Å²) in [5.41, 5.74) is 1.67. The number of anilines is 1. The normalized spacial score (nSPS) is 12.3. The molecule has 0 fully saturated rings. The molecule has 0 heterocycles. The zero-order valence-electron chi connectivity index (χ0n) is 25.3. The van der Waals surface area contributed by atoms with Crippen LogP contribution in [0.4, 0.5) is 15.3 Å². The zero-order valence-corrected chi connectivity index (χ0v) is 25.3. The lowest BCUT2D eigenvalue weighted by molar-refractivity contribution is -0.147. The van der Waals surface area contributed by atoms with Gasteiger partial charge in [0.25, 0.3) is 0 Å². The van der Waals surface area contributed by atoms with Gasteiger partial charge in [-0.05, 0) is 56.1 Å². The molecule has 2 atom stereocenters. The lowest BCUT2D eigenvalue weighted by Crippen LogP contribution is -2.51. The number of benzene rings is 1. The van der Waals surface area contributed by atoms with E-state index in [9.17, 15) is 24.0 Å². The Morgan fingerprint density at radius 3 is 2.07 bits per heavy atom. The molecule has 2 unspecified atom stereocenters. The van der Waals surface area contributed by atoms with E-state index in [-0.39, 0.29) is 62.5 Å². The van der Waals surface area contributed by atoms with Crippen LogP contribution >= 0.6 is 0 Å². The molecule has 0 aliphatic heterocycles. The summed E-state index contributed by atoms with van der Waals surface area (Å²) in [6, 6.07) is 4.58. The van der Waals surface area contributed by atoms with Crippen molar-refractivity contribution in [1.29, 1.82) is 0 Å². The number of nitrogens with one attached hydrogen (secondary N) is 4. The predicted molar refractivity (Wildman–Crippen MR) is 157 cm³/mol. The van der Waals surface area contributed by atoms with Crippen LogP contribution in [0.25, 0.3) is 0 Å². The molecular weight excluding hydrogens is 528 g/mol. The number of amides is 4. The van der Waals surface area contributed by atoms with Crippen molar-refractivity contribution in [3.05, 3.63) is 29.8 Å². The fourth-order valence-electron chi connectivity index (χ4n) is 3.67. The summed E-state index contributed by atoms with van der Waals surface area (Å²) in [6.07, 6.45) is 1.61. The van der Waals surface area contributed by atoms with E-state index in [4.69, 9.17) is 9.47 Å². The smallest absolute Gasteiger partial charge is 0.328 e. The van der Waals surface area contributed by atoms with Gasteiger partial charge in [-0.1, -0.05) is 52.8 Å². The van der Waals surface area contributed by atoms with Crippen molar-refractivity contribution in [2.24, 2.45) is 11.8 Å². The number of urea groups is 2. The Bertz CT molecular complexity index is 997. The Morgan fingerprint density at radius 1 is 0.805 bits per heavy atom. The minimum atomic E-state index is -0.942. The van der Waals surface area contributed by atoms with Crippen molar-refractivity contribution in [2.75, 3.05) is 25.1 Å². The molecule has 0 aromatic heterocycles. The minimum absolute atomic E-state index is 0.0202. The van der Waals surface area contributed by atoms with E-state index < -0.39 is 30.1 Å². The Morgan fingerprint density at radius 2 is 1.44 bits per heavy atom. The quantitative estimate of drug-likeness (QED) is 0.149. The van der Waals surface area contributed by atoms with Crippen LogP contribution in [0.15, 0.2) is 24.3 Å². The molecule has 0 saturated heterocycles. The maximum Gasteiger partial charge on any atom is 0.328 e. The molecule has 4 amide bonds. The molecule has 1 rings (SSSR count). The van der Waals surface area contributed by atoms with E-state index in [1.54, 1.807) is 6.92 Å². The van der Waals surface area contributed by atoms with E-state index in [2.05, 4.69) is 21.3 Å². The van der Waals surface area contributed by atoms with E-state index in [1.807, 2.05) is 58.9 Å². The van der Waals surface area contributed by atoms with E-state index in [0.29, 0.717) is 19.4 Å². The van der Waals surface area contributed by atoms with E-state index in [1.165, 1.54) is 0 Å². The standard InChI is InChI=1S/C30H48N4O7/c1-7-26(35)24(15-16-27(36)40-18-20(2)3)33-30(39)34-25(28(37)41-19-21(4)5)14-10-11-17-31-29(38)32-23-13-9-8-12-22(23)6/h8-9,12-13,20-21,24-25H,7,10-11,14-19H2,1-6H3,(H2,31,32,38)(H2,33,34,39). The largest absolute Gasteiger partial charge is 0.465 e. The summed E-state index contributed by atoms with van der Waals surface area (Å²) in [6.45, 7) is 12.1. The maximum absolute atomic E-state index is 12.8. The molecule has 1 aromatic rings. The lowest BCUT2D eigenvalue weighted by atomic mass is 10.0. The summed E-state index contributed by atoms with van der Waals surface area (Å²) in [4.78, 5) is 62.2. The van der Waals surface area contributed by atoms with Gasteiger partial charge < -0.3 is 30.7 Å². The third-order valence-corrected chi connectivity index (χ3v) is 6.00. The van der Waals surface area contributed by atoms with Gasteiger partial charge in [-0.25, -0.2) is 14.4 Å². The number of esters is 2. The Hall–Kier alpha value is -3.63. The number of ketones is 1. The van der Waals surface area contributed by atoms with Gasteiger partial charge in [0, 0.05) is 25.1 Å². The SMILES string of the molecule is CCC(=O)C(CCC(=O)OCC(C)C)NC(=O)NC(CCCCNC(=O)Nc1ccccc1C)C(=O)OCC(C)C. The van der Waals surface area contributed by atoms with Crippen molar-refractivity contribution in [3.8, 4) is 0 Å². The summed E-state index contributed by atoms with van der Waals surface area (Å²) < 4.78 is 10.5. The van der Waals surface area contributed by atoms with Gasteiger partial charge in [-0.3, -0.25) is 9.59 Å². The molecule has 0 spiro atoms. The summed E-state index contributed by atoms with van der Waals surface area (Å²) in [7, 11) is 0. The minimum Gasteiger partial charge on any atom is -0.465 e. The Kier molecular flexibility index (Phi) is 16.8. The molecule has 11 nitrogen and oxygen atoms in total. The number of Topliss-reactive ketones (excluding diaryl/α,β-unsaturated/α-hetero) is 1. The van der Waals surface area contributed by atoms with Crippen molar-refractivity contribution in [2.45, 2.75) is 92.2 Å². The molecule has 0 aliphatic carbocycles. The Balaban J connectivity index is 2.65. The van der Waals surface area contributed by atoms with Gasteiger partial charge >= 0.3 is 24.0 Å². The van der Waals surface area contributed by atoms with Crippen LogP contribution in [0.5, 0.6) is 0 Å². The third kappa shape index (κ3) is 15.7. The second-order valence-electron chi connectivity index (χ2n) is 10.9. The highest BCUT2D eigenvalue weighted by Crippen LogP contribution is 2.13. The number of carbonyl (C=O) groups excluding carboxylic acids is 5. The number of hydrogen-bond acceptors (Lipinski definition) is 7. The summed E-state index contributed by atoms with van der Waals surface area (Å²) >= 11 is 0. The summed E-state index contributed by atoms with van der Waals surface area (Å²) in [5.74, 6) is -0.937. The number of rotatable bonds is 18. The number of hydrogen-bond donors (Lipinski definition) is 4. The molecule has 11 heteroatoms. The molecule has 0 radical (unpaired) electrons. The molecular formula is C30H48N4O7. The first-order chi connectivity index (χ1) is 19.4. The van der Waals surface area contributed by atoms with Crippen LogP contribution in [0.2, 0.25) is 0 Å². The molecule has 0 aliphatic rings.